The normalized spacial score (nSPS) is 20.7. The summed E-state index contributed by atoms with van der Waals surface area (Å²) in [5, 5.41) is 0.130. The van der Waals surface area contributed by atoms with Gasteiger partial charge in [0.2, 0.25) is 0 Å². The number of nitrogens with zero attached hydrogens (tertiary/aromatic N) is 2. The van der Waals surface area contributed by atoms with E-state index in [-0.39, 0.29) is 16.8 Å². The van der Waals surface area contributed by atoms with Gasteiger partial charge in [0, 0.05) is 18.5 Å². The molecular formula is C10H11FN2OS. The molecule has 0 radical (unpaired) electrons. The van der Waals surface area contributed by atoms with Gasteiger partial charge in [-0.3, -0.25) is 9.78 Å². The Bertz CT molecular complexity index is 385. The van der Waals surface area contributed by atoms with Crippen molar-refractivity contribution in [2.24, 2.45) is 0 Å². The number of hydrogen-bond acceptors (Lipinski definition) is 3. The van der Waals surface area contributed by atoms with Gasteiger partial charge in [0.15, 0.2) is 5.82 Å². The molecule has 80 valence electrons. The molecule has 0 N–H and O–H groups in total. The molecule has 1 aromatic rings. The van der Waals surface area contributed by atoms with E-state index < -0.39 is 5.82 Å². The zero-order valence-electron chi connectivity index (χ0n) is 8.31. The summed E-state index contributed by atoms with van der Waals surface area (Å²) >= 11 is 1.70. The van der Waals surface area contributed by atoms with Gasteiger partial charge in [-0.15, -0.1) is 11.8 Å². The smallest absolute Gasteiger partial charge is 0.257 e. The molecule has 1 unspecified atom stereocenters. The lowest BCUT2D eigenvalue weighted by molar-refractivity contribution is 0.0764. The lowest BCUT2D eigenvalue weighted by Gasteiger charge is -2.20. The molecule has 0 saturated carbocycles. The minimum atomic E-state index is -0.549. The summed E-state index contributed by atoms with van der Waals surface area (Å²) in [4.78, 5) is 17.2. The third kappa shape index (κ3) is 1.97. The topological polar surface area (TPSA) is 33.2 Å². The average Bonchev–Trinajstić information content (AvgIpc) is 2.64. The minimum Gasteiger partial charge on any atom is -0.326 e. The number of thioether (sulfide) groups is 1. The fourth-order valence-corrected chi connectivity index (χ4v) is 2.59. The molecule has 15 heavy (non-hydrogen) atoms. The zero-order valence-corrected chi connectivity index (χ0v) is 9.13. The van der Waals surface area contributed by atoms with Gasteiger partial charge in [-0.2, -0.15) is 0 Å². The lowest BCUT2D eigenvalue weighted by Crippen LogP contribution is -2.33. The monoisotopic (exact) mass is 226 g/mol. The summed E-state index contributed by atoms with van der Waals surface area (Å²) in [5.74, 6) is 0.124. The fourth-order valence-electron chi connectivity index (χ4n) is 1.56. The summed E-state index contributed by atoms with van der Waals surface area (Å²) in [7, 11) is 0. The van der Waals surface area contributed by atoms with Crippen LogP contribution in [0.1, 0.15) is 17.3 Å². The zero-order chi connectivity index (χ0) is 10.8. The Labute approximate surface area is 91.7 Å². The highest BCUT2D eigenvalue weighted by molar-refractivity contribution is 8.00. The molecule has 2 heterocycles. The third-order valence-corrected chi connectivity index (χ3v) is 3.55. The van der Waals surface area contributed by atoms with Gasteiger partial charge >= 0.3 is 0 Å². The predicted molar refractivity (Wildman–Crippen MR) is 57.2 cm³/mol. The number of aromatic nitrogens is 1. The molecule has 1 saturated heterocycles. The standard InChI is InChI=1S/C10H11FN2OS/c1-7-13(4-5-15-7)10(14)8-2-3-12-6-9(8)11/h2-3,6-7H,4-5H2,1H3. The Morgan fingerprint density at radius 3 is 3.13 bits per heavy atom. The first-order valence-electron chi connectivity index (χ1n) is 4.72. The van der Waals surface area contributed by atoms with E-state index in [9.17, 15) is 9.18 Å². The van der Waals surface area contributed by atoms with E-state index in [0.717, 1.165) is 11.9 Å². The van der Waals surface area contributed by atoms with Gasteiger partial charge in [0.1, 0.15) is 0 Å². The van der Waals surface area contributed by atoms with Crippen molar-refractivity contribution in [3.8, 4) is 0 Å². The molecule has 5 heteroatoms. The van der Waals surface area contributed by atoms with Gasteiger partial charge in [0.25, 0.3) is 5.91 Å². The summed E-state index contributed by atoms with van der Waals surface area (Å²) < 4.78 is 13.3. The number of pyridine rings is 1. The van der Waals surface area contributed by atoms with Crippen LogP contribution < -0.4 is 0 Å². The lowest BCUT2D eigenvalue weighted by atomic mass is 10.2. The molecule has 0 spiro atoms. The maximum Gasteiger partial charge on any atom is 0.257 e. The van der Waals surface area contributed by atoms with Gasteiger partial charge in [0.05, 0.1) is 17.1 Å². The van der Waals surface area contributed by atoms with Crippen molar-refractivity contribution in [1.29, 1.82) is 0 Å². The Morgan fingerprint density at radius 2 is 2.53 bits per heavy atom. The van der Waals surface area contributed by atoms with Gasteiger partial charge in [-0.05, 0) is 13.0 Å². The number of halogens is 1. The second kappa shape index (κ2) is 4.18. The van der Waals surface area contributed by atoms with Crippen LogP contribution in [-0.2, 0) is 0 Å². The molecule has 1 fully saturated rings. The van der Waals surface area contributed by atoms with Crippen LogP contribution in [0.4, 0.5) is 4.39 Å². The fraction of sp³-hybridized carbons (Fsp3) is 0.400. The van der Waals surface area contributed by atoms with E-state index in [1.807, 2.05) is 6.92 Å². The maximum absolute atomic E-state index is 13.3. The van der Waals surface area contributed by atoms with Crippen LogP contribution in [0.5, 0.6) is 0 Å². The Hall–Kier alpha value is -1.10. The minimum absolute atomic E-state index is 0.111. The first-order valence-corrected chi connectivity index (χ1v) is 5.77. The predicted octanol–water partition coefficient (Wildman–Crippen LogP) is 1.76. The molecular weight excluding hydrogens is 215 g/mol. The van der Waals surface area contributed by atoms with Crippen molar-refractivity contribution in [2.75, 3.05) is 12.3 Å². The van der Waals surface area contributed by atoms with Crippen LogP contribution in [0.25, 0.3) is 0 Å². The van der Waals surface area contributed by atoms with Crippen molar-refractivity contribution >= 4 is 17.7 Å². The van der Waals surface area contributed by atoms with Crippen LogP contribution in [0.3, 0.4) is 0 Å². The average molecular weight is 226 g/mol. The van der Waals surface area contributed by atoms with Crippen molar-refractivity contribution in [2.45, 2.75) is 12.3 Å². The van der Waals surface area contributed by atoms with Crippen LogP contribution in [0.15, 0.2) is 18.5 Å². The number of carbonyl (C=O) groups excluding carboxylic acids is 1. The molecule has 1 aromatic heterocycles. The summed E-state index contributed by atoms with van der Waals surface area (Å²) in [6, 6.07) is 1.42. The molecule has 3 nitrogen and oxygen atoms in total. The first kappa shape index (κ1) is 10.4. The van der Waals surface area contributed by atoms with E-state index in [1.54, 1.807) is 16.7 Å². The molecule has 1 amide bonds. The summed E-state index contributed by atoms with van der Waals surface area (Å²) in [6.45, 7) is 2.64. The number of amides is 1. The molecule has 1 atom stereocenters. The second-order valence-electron chi connectivity index (χ2n) is 3.32. The Kier molecular flexibility index (Phi) is 2.90. The highest BCUT2D eigenvalue weighted by atomic mass is 32.2. The maximum atomic E-state index is 13.3. The molecule has 2 rings (SSSR count). The molecule has 1 aliphatic rings. The number of rotatable bonds is 1. The highest BCUT2D eigenvalue weighted by Gasteiger charge is 2.27. The van der Waals surface area contributed by atoms with Gasteiger partial charge in [-0.1, -0.05) is 0 Å². The van der Waals surface area contributed by atoms with E-state index in [1.165, 1.54) is 12.3 Å². The first-order chi connectivity index (χ1) is 7.20. The largest absolute Gasteiger partial charge is 0.326 e. The number of hydrogen-bond donors (Lipinski definition) is 0. The van der Waals surface area contributed by atoms with E-state index in [4.69, 9.17) is 0 Å². The Morgan fingerprint density at radius 1 is 1.73 bits per heavy atom. The van der Waals surface area contributed by atoms with Gasteiger partial charge in [-0.25, -0.2) is 4.39 Å². The summed E-state index contributed by atoms with van der Waals surface area (Å²) in [5.41, 5.74) is 0.111. The van der Waals surface area contributed by atoms with E-state index in [2.05, 4.69) is 4.98 Å². The van der Waals surface area contributed by atoms with Gasteiger partial charge < -0.3 is 4.90 Å². The Balaban J connectivity index is 2.24. The quantitative estimate of drug-likeness (QED) is 0.731. The molecule has 1 aliphatic heterocycles. The number of carbonyl (C=O) groups is 1. The second-order valence-corrected chi connectivity index (χ2v) is 4.75. The van der Waals surface area contributed by atoms with Crippen LogP contribution >= 0.6 is 11.8 Å². The van der Waals surface area contributed by atoms with Crippen LogP contribution in [0, 0.1) is 5.82 Å². The van der Waals surface area contributed by atoms with Crippen LogP contribution in [-0.4, -0.2) is 33.5 Å². The summed E-state index contributed by atoms with van der Waals surface area (Å²) in [6.07, 6.45) is 2.51. The SMILES string of the molecule is CC1SCCN1C(=O)c1ccncc1F. The van der Waals surface area contributed by atoms with Crippen molar-refractivity contribution in [3.63, 3.8) is 0 Å². The van der Waals surface area contributed by atoms with Crippen molar-refractivity contribution in [1.82, 2.24) is 9.88 Å². The van der Waals surface area contributed by atoms with Crippen molar-refractivity contribution in [3.05, 3.63) is 29.8 Å². The third-order valence-electron chi connectivity index (χ3n) is 2.39. The van der Waals surface area contributed by atoms with Crippen LogP contribution in [0.2, 0.25) is 0 Å². The van der Waals surface area contributed by atoms with E-state index in [0.29, 0.717) is 6.54 Å². The molecule has 0 aliphatic carbocycles. The highest BCUT2D eigenvalue weighted by Crippen LogP contribution is 2.25. The van der Waals surface area contributed by atoms with E-state index >= 15 is 0 Å². The van der Waals surface area contributed by atoms with Crippen molar-refractivity contribution < 1.29 is 9.18 Å². The molecule has 0 bridgehead atoms. The molecule has 0 aromatic carbocycles.